The molecule has 2 rings (SSSR count). The first-order chi connectivity index (χ1) is 11.9. The van der Waals surface area contributed by atoms with Crippen molar-refractivity contribution in [2.45, 2.75) is 0 Å². The fourth-order valence-electron chi connectivity index (χ4n) is 1.95. The molecular weight excluding hydrogens is 332 g/mol. The highest BCUT2D eigenvalue weighted by atomic mass is 16.5. The van der Waals surface area contributed by atoms with Gasteiger partial charge in [-0.3, -0.25) is 0 Å². The maximum absolute atomic E-state index is 12.1. The van der Waals surface area contributed by atoms with E-state index in [9.17, 15) is 25.0 Å². The molecule has 0 saturated carbocycles. The minimum Gasteiger partial charge on any atom is -0.594 e. The Balaban J connectivity index is 2.32. The lowest BCUT2D eigenvalue weighted by atomic mass is 10.2. The average molecular weight is 346 g/mol. The minimum absolute atomic E-state index is 0.0540. The van der Waals surface area contributed by atoms with Gasteiger partial charge in [-0.15, -0.1) is 0 Å². The standard InChI is InChI=1S/C16H14N2O7/c1-24-15(21)11-5-3-9(7-13(11)19)17-18(23)10-4-6-12(14(20)8-10)16(22)25-2/h3-8,19-20H,1-2H3. The Kier molecular flexibility index (Phi) is 5.18. The van der Waals surface area contributed by atoms with Crippen molar-refractivity contribution in [3.8, 4) is 11.5 Å². The van der Waals surface area contributed by atoms with Crippen LogP contribution >= 0.6 is 0 Å². The number of benzene rings is 2. The highest BCUT2D eigenvalue weighted by Gasteiger charge is 2.16. The number of carbonyl (C=O) groups is 2. The zero-order valence-electron chi connectivity index (χ0n) is 13.3. The highest BCUT2D eigenvalue weighted by molar-refractivity contribution is 5.93. The van der Waals surface area contributed by atoms with E-state index in [0.717, 1.165) is 19.2 Å². The molecule has 130 valence electrons. The minimum atomic E-state index is -0.748. The van der Waals surface area contributed by atoms with Gasteiger partial charge in [0.25, 0.3) is 0 Å². The van der Waals surface area contributed by atoms with E-state index in [2.05, 4.69) is 14.6 Å². The molecular formula is C16H14N2O7. The molecule has 9 nitrogen and oxygen atoms in total. The van der Waals surface area contributed by atoms with E-state index < -0.39 is 23.4 Å². The lowest BCUT2D eigenvalue weighted by Crippen LogP contribution is -2.02. The number of phenols is 2. The summed E-state index contributed by atoms with van der Waals surface area (Å²) in [7, 11) is 2.33. The van der Waals surface area contributed by atoms with Crippen LogP contribution in [0.4, 0.5) is 11.4 Å². The third-order valence-corrected chi connectivity index (χ3v) is 3.20. The first kappa shape index (κ1) is 17.7. The third kappa shape index (κ3) is 3.83. The van der Waals surface area contributed by atoms with Gasteiger partial charge >= 0.3 is 11.9 Å². The number of ether oxygens (including phenoxy) is 2. The summed E-state index contributed by atoms with van der Waals surface area (Å²) < 4.78 is 8.98. The molecule has 0 saturated heterocycles. The number of nitrogens with zero attached hydrogens (tertiary/aromatic N) is 2. The van der Waals surface area contributed by atoms with E-state index in [-0.39, 0.29) is 27.4 Å². The fraction of sp³-hybridized carbons (Fsp3) is 0.125. The Morgan fingerprint density at radius 1 is 0.960 bits per heavy atom. The van der Waals surface area contributed by atoms with E-state index in [1.165, 1.54) is 31.4 Å². The number of aromatic hydroxyl groups is 2. The Bertz CT molecular complexity index is 862. The summed E-state index contributed by atoms with van der Waals surface area (Å²) in [5.41, 5.74) is -0.155. The van der Waals surface area contributed by atoms with Crippen molar-refractivity contribution in [3.05, 3.63) is 52.7 Å². The molecule has 0 aliphatic carbocycles. The molecule has 2 aromatic carbocycles. The van der Waals surface area contributed by atoms with Crippen LogP contribution in [0.2, 0.25) is 0 Å². The van der Waals surface area contributed by atoms with Crippen LogP contribution in [0.1, 0.15) is 20.7 Å². The monoisotopic (exact) mass is 346 g/mol. The van der Waals surface area contributed by atoms with Gasteiger partial charge in [-0.1, -0.05) is 0 Å². The molecule has 0 heterocycles. The molecule has 0 amide bonds. The van der Waals surface area contributed by atoms with Gasteiger partial charge < -0.3 is 24.9 Å². The van der Waals surface area contributed by atoms with Crippen LogP contribution in [0, 0.1) is 5.21 Å². The van der Waals surface area contributed by atoms with Gasteiger partial charge in [-0.2, -0.15) is 0 Å². The van der Waals surface area contributed by atoms with Gasteiger partial charge in [0.1, 0.15) is 28.3 Å². The number of hydrogen-bond acceptors (Lipinski definition) is 8. The van der Waals surface area contributed by atoms with Crippen LogP contribution in [0.5, 0.6) is 11.5 Å². The van der Waals surface area contributed by atoms with Gasteiger partial charge in [0.15, 0.2) is 0 Å². The zero-order valence-corrected chi connectivity index (χ0v) is 13.3. The number of azo groups is 1. The summed E-state index contributed by atoms with van der Waals surface area (Å²) in [5.74, 6) is -2.32. The molecule has 0 bridgehead atoms. The largest absolute Gasteiger partial charge is 0.594 e. The van der Waals surface area contributed by atoms with Crippen molar-refractivity contribution in [1.29, 1.82) is 0 Å². The van der Waals surface area contributed by atoms with E-state index in [4.69, 9.17) is 0 Å². The van der Waals surface area contributed by atoms with Crippen molar-refractivity contribution in [3.63, 3.8) is 0 Å². The summed E-state index contributed by atoms with van der Waals surface area (Å²) in [6.45, 7) is 0. The molecule has 0 spiro atoms. The molecule has 0 aliphatic rings. The molecule has 2 aromatic rings. The number of hydrogen-bond donors (Lipinski definition) is 2. The second-order valence-electron chi connectivity index (χ2n) is 4.76. The van der Waals surface area contributed by atoms with E-state index in [1.807, 2.05) is 0 Å². The molecule has 25 heavy (non-hydrogen) atoms. The van der Waals surface area contributed by atoms with Crippen molar-refractivity contribution < 1.29 is 34.1 Å². The predicted octanol–water partition coefficient (Wildman–Crippen LogP) is 2.60. The van der Waals surface area contributed by atoms with Crippen LogP contribution in [-0.2, 0) is 9.47 Å². The highest BCUT2D eigenvalue weighted by Crippen LogP contribution is 2.28. The van der Waals surface area contributed by atoms with Crippen LogP contribution in [0.25, 0.3) is 0 Å². The number of carbonyl (C=O) groups excluding carboxylic acids is 2. The lowest BCUT2D eigenvalue weighted by Gasteiger charge is -2.05. The second kappa shape index (κ2) is 7.30. The van der Waals surface area contributed by atoms with Crippen molar-refractivity contribution in [2.24, 2.45) is 5.11 Å². The van der Waals surface area contributed by atoms with Gasteiger partial charge in [-0.05, 0) is 23.1 Å². The molecule has 0 fully saturated rings. The van der Waals surface area contributed by atoms with Crippen molar-refractivity contribution in [2.75, 3.05) is 14.2 Å². The molecule has 9 heteroatoms. The molecule has 0 aromatic heterocycles. The van der Waals surface area contributed by atoms with Crippen molar-refractivity contribution >= 4 is 23.3 Å². The second-order valence-corrected chi connectivity index (χ2v) is 4.76. The van der Waals surface area contributed by atoms with Crippen LogP contribution in [0.3, 0.4) is 0 Å². The van der Waals surface area contributed by atoms with Gasteiger partial charge in [0.2, 0.25) is 5.69 Å². The summed E-state index contributed by atoms with van der Waals surface area (Å²) in [5, 5.41) is 35.3. The molecule has 0 unspecified atom stereocenters. The zero-order chi connectivity index (χ0) is 18.6. The number of esters is 2. The Morgan fingerprint density at radius 3 is 1.96 bits per heavy atom. The van der Waals surface area contributed by atoms with E-state index in [1.54, 1.807) is 0 Å². The number of methoxy groups -OCH3 is 2. The van der Waals surface area contributed by atoms with Gasteiger partial charge in [0.05, 0.1) is 20.3 Å². The normalized spacial score (nSPS) is 11.0. The Labute approximate surface area is 141 Å². The molecule has 0 atom stereocenters. The lowest BCUT2D eigenvalue weighted by molar-refractivity contribution is -0.435. The smallest absolute Gasteiger partial charge is 0.341 e. The molecule has 2 N–H and O–H groups in total. The SMILES string of the molecule is COC(=O)c1ccc(N=[N+]([O-])c2ccc(C(=O)OC)c(O)c2)cc1O. The predicted molar refractivity (Wildman–Crippen MR) is 84.3 cm³/mol. The van der Waals surface area contributed by atoms with Gasteiger partial charge in [-0.25, -0.2) is 9.59 Å². The van der Waals surface area contributed by atoms with Gasteiger partial charge in [0, 0.05) is 17.2 Å². The molecule has 0 radical (unpaired) electrons. The van der Waals surface area contributed by atoms with E-state index in [0.29, 0.717) is 0 Å². The first-order valence-corrected chi connectivity index (χ1v) is 6.89. The summed E-state index contributed by atoms with van der Waals surface area (Å²) in [6, 6.07) is 7.23. The maximum atomic E-state index is 12.1. The van der Waals surface area contributed by atoms with Crippen LogP contribution < -0.4 is 0 Å². The van der Waals surface area contributed by atoms with Crippen molar-refractivity contribution in [1.82, 2.24) is 0 Å². The quantitative estimate of drug-likeness (QED) is 0.376. The Hall–Kier alpha value is -3.62. The molecule has 0 aliphatic heterocycles. The summed E-state index contributed by atoms with van der Waals surface area (Å²) in [6.07, 6.45) is 0. The average Bonchev–Trinajstić information content (AvgIpc) is 2.60. The fourth-order valence-corrected chi connectivity index (χ4v) is 1.95. The maximum Gasteiger partial charge on any atom is 0.341 e. The van der Waals surface area contributed by atoms with Crippen LogP contribution in [-0.4, -0.2) is 41.2 Å². The Morgan fingerprint density at radius 2 is 1.48 bits per heavy atom. The summed E-state index contributed by atoms with van der Waals surface area (Å²) >= 11 is 0. The van der Waals surface area contributed by atoms with Crippen LogP contribution in [0.15, 0.2) is 41.5 Å². The number of rotatable bonds is 4. The first-order valence-electron chi connectivity index (χ1n) is 6.89. The summed E-state index contributed by atoms with van der Waals surface area (Å²) in [4.78, 5) is 23.0. The third-order valence-electron chi connectivity index (χ3n) is 3.20. The van der Waals surface area contributed by atoms with E-state index >= 15 is 0 Å². The number of phenolic OH excluding ortho intramolecular Hbond substituents is 2. The topological polar surface area (TPSA) is 131 Å².